The number of thioether (sulfide) groups is 1. The van der Waals surface area contributed by atoms with Crippen LogP contribution in [-0.2, 0) is 6.42 Å². The largest absolute Gasteiger partial charge is 0.356 e. The van der Waals surface area contributed by atoms with Gasteiger partial charge >= 0.3 is 0 Å². The number of hydrogen-bond donors (Lipinski definition) is 1. The molecule has 2 heterocycles. The number of nitrogens with one attached hydrogen (secondary N) is 1. The van der Waals surface area contributed by atoms with Crippen molar-refractivity contribution < 1.29 is 0 Å². The van der Waals surface area contributed by atoms with Crippen molar-refractivity contribution in [3.8, 4) is 0 Å². The summed E-state index contributed by atoms with van der Waals surface area (Å²) in [4.78, 5) is 10.6. The van der Waals surface area contributed by atoms with Crippen LogP contribution in [0.1, 0.15) is 56.5 Å². The minimum absolute atomic E-state index is 0.252. The summed E-state index contributed by atoms with van der Waals surface area (Å²) in [5, 5.41) is 5.77. The number of rotatable bonds is 5. The Morgan fingerprint density at radius 3 is 2.60 bits per heavy atom. The van der Waals surface area contributed by atoms with Crippen LogP contribution in [-0.4, -0.2) is 22.4 Å². The van der Waals surface area contributed by atoms with E-state index >= 15 is 0 Å². The van der Waals surface area contributed by atoms with Gasteiger partial charge in [-0.3, -0.25) is 4.99 Å². The van der Waals surface area contributed by atoms with Gasteiger partial charge in [-0.15, -0.1) is 11.3 Å². The number of hydrogen-bond acceptors (Lipinski definition) is 5. The standard InChI is InChI=1S/C15H25N3S2/c1-5-12-8-16-13(20-12)11(4)18-14-17-9-15(6-2,7-3)10-19-14/h8,11H,5-7,9-10H2,1-4H3,(H,17,18). The number of thiazole rings is 1. The molecule has 0 saturated heterocycles. The molecule has 1 aromatic rings. The molecule has 0 aromatic carbocycles. The third-order valence-electron chi connectivity index (χ3n) is 4.20. The first-order valence-corrected chi connectivity index (χ1v) is 9.31. The lowest BCUT2D eigenvalue weighted by atomic mass is 9.84. The molecule has 1 aliphatic heterocycles. The number of amidine groups is 1. The van der Waals surface area contributed by atoms with Gasteiger partial charge in [-0.25, -0.2) is 4.98 Å². The van der Waals surface area contributed by atoms with E-state index in [4.69, 9.17) is 4.99 Å². The summed E-state index contributed by atoms with van der Waals surface area (Å²) >= 11 is 3.67. The Morgan fingerprint density at radius 2 is 2.10 bits per heavy atom. The molecular weight excluding hydrogens is 286 g/mol. The van der Waals surface area contributed by atoms with Crippen LogP contribution in [0, 0.1) is 5.41 Å². The Hall–Kier alpha value is -0.550. The Bertz CT molecular complexity index is 463. The zero-order valence-corrected chi connectivity index (χ0v) is 14.5. The lowest BCUT2D eigenvalue weighted by Crippen LogP contribution is -2.35. The molecule has 0 fully saturated rings. The summed E-state index contributed by atoms with van der Waals surface area (Å²) in [6.07, 6.45) is 5.49. The fourth-order valence-electron chi connectivity index (χ4n) is 2.25. The lowest BCUT2D eigenvalue weighted by molar-refractivity contribution is 0.318. The monoisotopic (exact) mass is 311 g/mol. The van der Waals surface area contributed by atoms with E-state index < -0.39 is 0 Å². The molecule has 0 aliphatic carbocycles. The summed E-state index contributed by atoms with van der Waals surface area (Å²) < 4.78 is 0. The number of nitrogens with zero attached hydrogens (tertiary/aromatic N) is 2. The summed E-state index contributed by atoms with van der Waals surface area (Å²) in [6, 6.07) is 0.252. The molecule has 20 heavy (non-hydrogen) atoms. The average molecular weight is 312 g/mol. The first-order valence-electron chi connectivity index (χ1n) is 7.51. The van der Waals surface area contributed by atoms with Crippen LogP contribution in [0.2, 0.25) is 0 Å². The molecule has 1 N–H and O–H groups in total. The van der Waals surface area contributed by atoms with Gasteiger partial charge < -0.3 is 5.32 Å². The average Bonchev–Trinajstić information content (AvgIpc) is 2.97. The van der Waals surface area contributed by atoms with E-state index in [9.17, 15) is 0 Å². The molecular formula is C15H25N3S2. The van der Waals surface area contributed by atoms with E-state index in [0.717, 1.165) is 23.1 Å². The second kappa shape index (κ2) is 6.94. The van der Waals surface area contributed by atoms with E-state index in [1.165, 1.54) is 23.5 Å². The van der Waals surface area contributed by atoms with Crippen molar-refractivity contribution >= 4 is 28.3 Å². The smallest absolute Gasteiger partial charge is 0.157 e. The van der Waals surface area contributed by atoms with Gasteiger partial charge in [-0.1, -0.05) is 32.5 Å². The fourth-order valence-corrected chi connectivity index (χ4v) is 4.47. The Kier molecular flexibility index (Phi) is 5.49. The molecule has 0 bridgehead atoms. The maximum atomic E-state index is 4.76. The van der Waals surface area contributed by atoms with Crippen LogP contribution in [0.4, 0.5) is 0 Å². The molecule has 3 nitrogen and oxygen atoms in total. The van der Waals surface area contributed by atoms with E-state index in [2.05, 4.69) is 38.0 Å². The molecule has 1 aliphatic rings. The SMILES string of the molecule is CCc1cnc(C(C)NC2=NCC(CC)(CC)CS2)s1. The third-order valence-corrected chi connectivity index (χ3v) is 6.80. The zero-order chi connectivity index (χ0) is 14.6. The van der Waals surface area contributed by atoms with E-state index in [1.54, 1.807) is 11.3 Å². The van der Waals surface area contributed by atoms with Gasteiger partial charge in [0.1, 0.15) is 5.01 Å². The normalized spacial score (nSPS) is 19.5. The molecule has 0 spiro atoms. The highest BCUT2D eigenvalue weighted by atomic mass is 32.2. The summed E-state index contributed by atoms with van der Waals surface area (Å²) in [5.74, 6) is 1.18. The molecule has 5 heteroatoms. The summed E-state index contributed by atoms with van der Waals surface area (Å²) in [7, 11) is 0. The van der Waals surface area contributed by atoms with E-state index in [-0.39, 0.29) is 6.04 Å². The van der Waals surface area contributed by atoms with Crippen molar-refractivity contribution in [3.05, 3.63) is 16.1 Å². The van der Waals surface area contributed by atoms with Gasteiger partial charge in [-0.05, 0) is 31.6 Å². The fraction of sp³-hybridized carbons (Fsp3) is 0.733. The van der Waals surface area contributed by atoms with Crippen molar-refractivity contribution in [3.63, 3.8) is 0 Å². The van der Waals surface area contributed by atoms with Gasteiger partial charge in [0.25, 0.3) is 0 Å². The molecule has 0 radical (unpaired) electrons. The first-order chi connectivity index (χ1) is 9.62. The molecule has 1 atom stereocenters. The second-order valence-corrected chi connectivity index (χ2v) is 7.61. The summed E-state index contributed by atoms with van der Waals surface area (Å²) in [5.41, 5.74) is 0.412. The minimum Gasteiger partial charge on any atom is -0.356 e. The minimum atomic E-state index is 0.252. The highest BCUT2D eigenvalue weighted by molar-refractivity contribution is 8.13. The molecule has 2 rings (SSSR count). The van der Waals surface area contributed by atoms with Gasteiger partial charge in [-0.2, -0.15) is 0 Å². The number of aliphatic imine (C=N–C) groups is 1. The van der Waals surface area contributed by atoms with Crippen molar-refractivity contribution in [1.82, 2.24) is 10.3 Å². The second-order valence-electron chi connectivity index (χ2n) is 5.50. The quantitative estimate of drug-likeness (QED) is 0.882. The van der Waals surface area contributed by atoms with Crippen molar-refractivity contribution in [2.75, 3.05) is 12.3 Å². The Balaban J connectivity index is 1.95. The zero-order valence-electron chi connectivity index (χ0n) is 12.9. The van der Waals surface area contributed by atoms with Gasteiger partial charge in [0.15, 0.2) is 5.17 Å². The molecule has 1 unspecified atom stereocenters. The predicted molar refractivity (Wildman–Crippen MR) is 90.8 cm³/mol. The van der Waals surface area contributed by atoms with Gasteiger partial charge in [0.05, 0.1) is 6.04 Å². The maximum Gasteiger partial charge on any atom is 0.157 e. The van der Waals surface area contributed by atoms with Crippen LogP contribution >= 0.6 is 23.1 Å². The van der Waals surface area contributed by atoms with Crippen molar-refractivity contribution in [2.45, 2.75) is 53.0 Å². The Morgan fingerprint density at radius 1 is 1.35 bits per heavy atom. The molecule has 0 amide bonds. The maximum absolute atomic E-state index is 4.76. The Labute approximate surface area is 130 Å². The molecule has 0 saturated carbocycles. The van der Waals surface area contributed by atoms with E-state index in [0.29, 0.717) is 5.41 Å². The van der Waals surface area contributed by atoms with Crippen LogP contribution in [0.15, 0.2) is 11.2 Å². The highest BCUT2D eigenvalue weighted by Gasteiger charge is 2.30. The first kappa shape index (κ1) is 15.8. The summed E-state index contributed by atoms with van der Waals surface area (Å²) in [6.45, 7) is 9.86. The van der Waals surface area contributed by atoms with Crippen LogP contribution in [0.5, 0.6) is 0 Å². The van der Waals surface area contributed by atoms with Crippen LogP contribution in [0.3, 0.4) is 0 Å². The molecule has 112 valence electrons. The molecule has 1 aromatic heterocycles. The van der Waals surface area contributed by atoms with Crippen LogP contribution in [0.25, 0.3) is 0 Å². The van der Waals surface area contributed by atoms with Gasteiger partial charge in [0.2, 0.25) is 0 Å². The predicted octanol–water partition coefficient (Wildman–Crippen LogP) is 4.27. The lowest BCUT2D eigenvalue weighted by Gasteiger charge is -2.33. The van der Waals surface area contributed by atoms with E-state index in [1.807, 2.05) is 18.0 Å². The highest BCUT2D eigenvalue weighted by Crippen LogP contribution is 2.35. The number of aryl methyl sites for hydroxylation is 1. The third kappa shape index (κ3) is 3.55. The van der Waals surface area contributed by atoms with Gasteiger partial charge in [0, 0.05) is 23.4 Å². The number of aromatic nitrogens is 1. The van der Waals surface area contributed by atoms with Crippen LogP contribution < -0.4 is 5.32 Å². The van der Waals surface area contributed by atoms with Crippen molar-refractivity contribution in [2.24, 2.45) is 10.4 Å². The topological polar surface area (TPSA) is 37.3 Å². The van der Waals surface area contributed by atoms with Crippen molar-refractivity contribution in [1.29, 1.82) is 0 Å².